The standard InChI is InChI=1S/C23H27N4O11P/c1-12(39(30,35-6)36-7)13-8-9-14(37-22-24-15(31-2)10-16(25-22)32-3)19(21(28)29)20(13)38-23-26-17(33-4)11-18(27-23)34-5/h8-12H,1-7H3,(H,28,29). The summed E-state index contributed by atoms with van der Waals surface area (Å²) in [6.07, 6.45) is 0. The van der Waals surface area contributed by atoms with Gasteiger partial charge in [0.1, 0.15) is 11.3 Å². The molecule has 2 heterocycles. The Morgan fingerprint density at radius 2 is 1.21 bits per heavy atom. The van der Waals surface area contributed by atoms with Crippen LogP contribution in [0.5, 0.6) is 47.0 Å². The number of benzene rings is 1. The smallest absolute Gasteiger partial charge is 0.343 e. The minimum Gasteiger partial charge on any atom is -0.481 e. The van der Waals surface area contributed by atoms with Gasteiger partial charge in [-0.15, -0.1) is 0 Å². The minimum absolute atomic E-state index is 0.0760. The molecule has 0 aliphatic heterocycles. The van der Waals surface area contributed by atoms with E-state index in [4.69, 9.17) is 37.5 Å². The number of ether oxygens (including phenoxy) is 6. The van der Waals surface area contributed by atoms with Crippen LogP contribution >= 0.6 is 7.60 Å². The van der Waals surface area contributed by atoms with Gasteiger partial charge in [-0.2, -0.15) is 19.9 Å². The van der Waals surface area contributed by atoms with Gasteiger partial charge >= 0.3 is 25.6 Å². The third-order valence-electron chi connectivity index (χ3n) is 5.35. The van der Waals surface area contributed by atoms with Crippen molar-refractivity contribution in [1.82, 2.24) is 19.9 Å². The van der Waals surface area contributed by atoms with Crippen LogP contribution in [0, 0.1) is 0 Å². The van der Waals surface area contributed by atoms with E-state index in [1.54, 1.807) is 0 Å². The summed E-state index contributed by atoms with van der Waals surface area (Å²) in [5.74, 6) is -1.65. The topological polar surface area (TPSA) is 180 Å². The number of hydrogen-bond acceptors (Lipinski definition) is 14. The van der Waals surface area contributed by atoms with Gasteiger partial charge in [-0.3, -0.25) is 4.57 Å². The maximum atomic E-state index is 13.3. The predicted octanol–water partition coefficient (Wildman–Crippen LogP) is 4.13. The largest absolute Gasteiger partial charge is 0.481 e. The molecule has 0 spiro atoms. The Bertz CT molecular complexity index is 1340. The van der Waals surface area contributed by atoms with Gasteiger partial charge in [-0.05, 0) is 13.0 Å². The first kappa shape index (κ1) is 29.4. The number of carboxylic acid groups (broad SMARTS) is 1. The monoisotopic (exact) mass is 566 g/mol. The fourth-order valence-electron chi connectivity index (χ4n) is 3.33. The summed E-state index contributed by atoms with van der Waals surface area (Å²) in [4.78, 5) is 28.9. The molecule has 0 fully saturated rings. The first-order chi connectivity index (χ1) is 18.6. The molecule has 3 rings (SSSR count). The molecule has 0 aliphatic rings. The summed E-state index contributed by atoms with van der Waals surface area (Å²) in [5, 5.41) is 10.3. The van der Waals surface area contributed by atoms with E-state index in [-0.39, 0.29) is 52.6 Å². The molecule has 15 nitrogen and oxygen atoms in total. The van der Waals surface area contributed by atoms with Gasteiger partial charge < -0.3 is 42.6 Å². The minimum atomic E-state index is -3.77. The molecule has 3 aromatic rings. The van der Waals surface area contributed by atoms with Gasteiger partial charge in [0.05, 0.1) is 46.2 Å². The van der Waals surface area contributed by atoms with E-state index < -0.39 is 24.8 Å². The molecule has 0 aliphatic carbocycles. The van der Waals surface area contributed by atoms with E-state index in [1.807, 2.05) is 0 Å². The molecule has 210 valence electrons. The van der Waals surface area contributed by atoms with Crippen molar-refractivity contribution >= 4 is 13.6 Å². The summed E-state index contributed by atoms with van der Waals surface area (Å²) in [6, 6.07) is 4.94. The molecular formula is C23H27N4O11P. The van der Waals surface area contributed by atoms with Crippen molar-refractivity contribution in [2.45, 2.75) is 12.6 Å². The van der Waals surface area contributed by atoms with Crippen molar-refractivity contribution in [3.8, 4) is 47.0 Å². The lowest BCUT2D eigenvalue weighted by Crippen LogP contribution is -2.10. The number of rotatable bonds is 13. The van der Waals surface area contributed by atoms with E-state index in [9.17, 15) is 14.5 Å². The van der Waals surface area contributed by atoms with Crippen LogP contribution in [-0.4, -0.2) is 73.7 Å². The molecule has 0 amide bonds. The highest BCUT2D eigenvalue weighted by Gasteiger charge is 2.37. The fourth-order valence-corrected chi connectivity index (χ4v) is 4.66. The summed E-state index contributed by atoms with van der Waals surface area (Å²) < 4.78 is 55.7. The van der Waals surface area contributed by atoms with Crippen molar-refractivity contribution in [3.63, 3.8) is 0 Å². The van der Waals surface area contributed by atoms with Crippen LogP contribution in [-0.2, 0) is 13.6 Å². The van der Waals surface area contributed by atoms with Crippen LogP contribution in [0.4, 0.5) is 0 Å². The zero-order valence-corrected chi connectivity index (χ0v) is 23.0. The highest BCUT2D eigenvalue weighted by molar-refractivity contribution is 7.54. The second-order valence-electron chi connectivity index (χ2n) is 7.42. The average molecular weight is 566 g/mol. The zero-order valence-electron chi connectivity index (χ0n) is 22.2. The van der Waals surface area contributed by atoms with Crippen molar-refractivity contribution < 1.29 is 51.9 Å². The summed E-state index contributed by atoms with van der Waals surface area (Å²) in [7, 11) is 4.14. The second kappa shape index (κ2) is 12.6. The number of aromatic carboxylic acids is 1. The quantitative estimate of drug-likeness (QED) is 0.291. The summed E-state index contributed by atoms with van der Waals surface area (Å²) in [5.41, 5.74) is -1.37. The molecule has 39 heavy (non-hydrogen) atoms. The lowest BCUT2D eigenvalue weighted by molar-refractivity contribution is 0.0690. The van der Waals surface area contributed by atoms with Crippen LogP contribution in [0.3, 0.4) is 0 Å². The van der Waals surface area contributed by atoms with Gasteiger partial charge in [0, 0.05) is 19.8 Å². The third-order valence-corrected chi connectivity index (χ3v) is 7.59. The van der Waals surface area contributed by atoms with Crippen molar-refractivity contribution in [1.29, 1.82) is 0 Å². The van der Waals surface area contributed by atoms with Crippen molar-refractivity contribution in [3.05, 3.63) is 35.4 Å². The molecule has 2 aromatic heterocycles. The second-order valence-corrected chi connectivity index (χ2v) is 10.0. The van der Waals surface area contributed by atoms with Crippen LogP contribution in [0.1, 0.15) is 28.5 Å². The molecule has 1 unspecified atom stereocenters. The third kappa shape index (κ3) is 6.45. The van der Waals surface area contributed by atoms with Crippen molar-refractivity contribution in [2.75, 3.05) is 42.7 Å². The van der Waals surface area contributed by atoms with Gasteiger partial charge in [-0.25, -0.2) is 4.79 Å². The van der Waals surface area contributed by atoms with Gasteiger partial charge in [0.25, 0.3) is 0 Å². The van der Waals surface area contributed by atoms with Crippen LogP contribution in [0.25, 0.3) is 0 Å². The number of carboxylic acids is 1. The molecular weight excluding hydrogens is 539 g/mol. The van der Waals surface area contributed by atoms with E-state index in [0.717, 1.165) is 0 Å². The summed E-state index contributed by atoms with van der Waals surface area (Å²) in [6.45, 7) is 1.52. The highest BCUT2D eigenvalue weighted by Crippen LogP contribution is 2.61. The molecule has 1 aromatic carbocycles. The Morgan fingerprint density at radius 3 is 1.59 bits per heavy atom. The maximum absolute atomic E-state index is 13.3. The average Bonchev–Trinajstić information content (AvgIpc) is 2.95. The van der Waals surface area contributed by atoms with Crippen LogP contribution in [0.2, 0.25) is 0 Å². The Hall–Kier alpha value is -4.20. The first-order valence-electron chi connectivity index (χ1n) is 11.0. The van der Waals surface area contributed by atoms with E-state index in [2.05, 4.69) is 19.9 Å². The normalized spacial score (nSPS) is 11.9. The number of nitrogens with zero attached hydrogens (tertiary/aromatic N) is 4. The van der Waals surface area contributed by atoms with Crippen LogP contribution < -0.4 is 28.4 Å². The number of carbonyl (C=O) groups is 1. The van der Waals surface area contributed by atoms with E-state index in [1.165, 1.54) is 73.8 Å². The number of aromatic nitrogens is 4. The molecule has 0 saturated carbocycles. The fraction of sp³-hybridized carbons (Fsp3) is 0.348. The number of methoxy groups -OCH3 is 4. The molecule has 0 radical (unpaired) electrons. The molecule has 1 N–H and O–H groups in total. The van der Waals surface area contributed by atoms with Crippen molar-refractivity contribution in [2.24, 2.45) is 0 Å². The molecule has 16 heteroatoms. The zero-order chi connectivity index (χ0) is 28.7. The molecule has 0 bridgehead atoms. The Morgan fingerprint density at radius 1 is 0.769 bits per heavy atom. The Balaban J connectivity index is 2.26. The van der Waals surface area contributed by atoms with Gasteiger partial charge in [0.2, 0.25) is 23.5 Å². The number of hydrogen-bond donors (Lipinski definition) is 1. The highest BCUT2D eigenvalue weighted by atomic mass is 31.2. The first-order valence-corrected chi connectivity index (χ1v) is 12.6. The maximum Gasteiger partial charge on any atom is 0.343 e. The molecule has 1 atom stereocenters. The SMILES string of the molecule is COc1cc(OC)nc(Oc2ccc(C(C)P(=O)(OC)OC)c(Oc3nc(OC)cc(OC)n3)c2C(=O)O)n1. The van der Waals surface area contributed by atoms with Gasteiger partial charge in [0.15, 0.2) is 5.75 Å². The predicted molar refractivity (Wildman–Crippen MR) is 134 cm³/mol. The molecule has 0 saturated heterocycles. The lowest BCUT2D eigenvalue weighted by Gasteiger charge is -2.24. The Labute approximate surface area is 223 Å². The summed E-state index contributed by atoms with van der Waals surface area (Å²) >= 11 is 0. The van der Waals surface area contributed by atoms with E-state index in [0.29, 0.717) is 0 Å². The van der Waals surface area contributed by atoms with Gasteiger partial charge in [-0.1, -0.05) is 6.07 Å². The lowest BCUT2D eigenvalue weighted by atomic mass is 10.0. The van der Waals surface area contributed by atoms with Crippen LogP contribution in [0.15, 0.2) is 24.3 Å². The van der Waals surface area contributed by atoms with E-state index >= 15 is 0 Å². The Kier molecular flexibility index (Phi) is 9.46.